The molecule has 0 aliphatic rings. The van der Waals surface area contributed by atoms with Gasteiger partial charge in [-0.3, -0.25) is 4.79 Å². The van der Waals surface area contributed by atoms with Crippen molar-refractivity contribution in [2.75, 3.05) is 12.4 Å². The van der Waals surface area contributed by atoms with E-state index in [1.54, 1.807) is 0 Å². The molecule has 0 bridgehead atoms. The molecular formula is C16H13F3N6O3. The van der Waals surface area contributed by atoms with Crippen LogP contribution in [0.15, 0.2) is 35.5 Å². The lowest BCUT2D eigenvalue weighted by molar-refractivity contribution is -0.141. The Bertz CT molecular complexity index is 1120. The zero-order valence-corrected chi connectivity index (χ0v) is 14.5. The van der Waals surface area contributed by atoms with Gasteiger partial charge in [0, 0.05) is 32.7 Å². The average molecular weight is 394 g/mol. The third-order valence-electron chi connectivity index (χ3n) is 3.81. The second-order valence-electron chi connectivity index (χ2n) is 5.69. The maximum Gasteiger partial charge on any atom is 0.435 e. The fourth-order valence-electron chi connectivity index (χ4n) is 2.47. The molecule has 0 unspecified atom stereocenters. The van der Waals surface area contributed by atoms with Gasteiger partial charge in [0.25, 0.3) is 5.56 Å². The van der Waals surface area contributed by atoms with Crippen molar-refractivity contribution in [3.63, 3.8) is 0 Å². The summed E-state index contributed by atoms with van der Waals surface area (Å²) in [5, 5.41) is 15.4. The smallest absolute Gasteiger partial charge is 0.435 e. The number of nitrogens with zero attached hydrogens (tertiary/aromatic N) is 5. The molecule has 0 spiro atoms. The van der Waals surface area contributed by atoms with Gasteiger partial charge in [-0.1, -0.05) is 0 Å². The SMILES string of the molecule is CNc1ncc(-c2cc(C(=O)O)cn(C)c2=O)c(-n2ccc(C(F)(F)F)n2)n1. The topological polar surface area (TPSA) is 115 Å². The number of alkyl halides is 3. The van der Waals surface area contributed by atoms with Gasteiger partial charge in [-0.2, -0.15) is 23.3 Å². The molecule has 0 radical (unpaired) electrons. The highest BCUT2D eigenvalue weighted by molar-refractivity contribution is 5.89. The predicted molar refractivity (Wildman–Crippen MR) is 91.3 cm³/mol. The molecule has 9 nitrogen and oxygen atoms in total. The van der Waals surface area contributed by atoms with Gasteiger partial charge in [0.2, 0.25) is 5.95 Å². The Balaban J connectivity index is 2.28. The summed E-state index contributed by atoms with van der Waals surface area (Å²) in [6.45, 7) is 0. The standard InChI is InChI=1S/C16H13F3N6O3/c1-20-15-21-6-10(9-5-8(14(27)28)7-24(2)13(9)26)12(22-15)25-4-3-11(23-25)16(17,18)19/h3-7H,1-2H3,(H,27,28)(H,20,21,22). The molecule has 0 atom stereocenters. The van der Waals surface area contributed by atoms with Gasteiger partial charge in [0.05, 0.1) is 16.7 Å². The van der Waals surface area contributed by atoms with E-state index in [0.717, 1.165) is 33.8 Å². The number of carboxylic acid groups (broad SMARTS) is 1. The van der Waals surface area contributed by atoms with Crippen LogP contribution in [0.5, 0.6) is 0 Å². The van der Waals surface area contributed by atoms with E-state index >= 15 is 0 Å². The maximum atomic E-state index is 12.9. The maximum absolute atomic E-state index is 12.9. The number of nitrogens with one attached hydrogen (secondary N) is 1. The Labute approximate surface area is 155 Å². The molecule has 0 aromatic carbocycles. The molecule has 146 valence electrons. The van der Waals surface area contributed by atoms with Gasteiger partial charge < -0.3 is 15.0 Å². The fraction of sp³-hybridized carbons (Fsp3) is 0.188. The minimum Gasteiger partial charge on any atom is -0.478 e. The van der Waals surface area contributed by atoms with Crippen LogP contribution in [0.25, 0.3) is 16.9 Å². The molecule has 28 heavy (non-hydrogen) atoms. The first-order valence-electron chi connectivity index (χ1n) is 7.74. The Morgan fingerprint density at radius 1 is 1.29 bits per heavy atom. The second kappa shape index (κ2) is 6.79. The number of carboxylic acids is 1. The summed E-state index contributed by atoms with van der Waals surface area (Å²) in [7, 11) is 2.86. The Hall–Kier alpha value is -3.70. The number of hydrogen-bond acceptors (Lipinski definition) is 6. The molecule has 3 aromatic heterocycles. The number of aromatic nitrogens is 5. The lowest BCUT2D eigenvalue weighted by Crippen LogP contribution is -2.21. The lowest BCUT2D eigenvalue weighted by Gasteiger charge is -2.12. The van der Waals surface area contributed by atoms with Crippen LogP contribution < -0.4 is 10.9 Å². The molecule has 0 amide bonds. The minimum absolute atomic E-state index is 0.0273. The molecule has 3 heterocycles. The van der Waals surface area contributed by atoms with Gasteiger partial charge in [0.15, 0.2) is 11.5 Å². The molecule has 3 aromatic rings. The predicted octanol–water partition coefficient (Wildman–Crippen LogP) is 1.79. The van der Waals surface area contributed by atoms with E-state index in [0.29, 0.717) is 0 Å². The van der Waals surface area contributed by atoms with Crippen LogP contribution in [-0.2, 0) is 13.2 Å². The van der Waals surface area contributed by atoms with Crippen molar-refractivity contribution in [2.24, 2.45) is 7.05 Å². The summed E-state index contributed by atoms with van der Waals surface area (Å²) in [4.78, 5) is 31.9. The lowest BCUT2D eigenvalue weighted by atomic mass is 10.1. The van der Waals surface area contributed by atoms with Crippen molar-refractivity contribution in [1.29, 1.82) is 0 Å². The van der Waals surface area contributed by atoms with E-state index in [9.17, 15) is 27.9 Å². The summed E-state index contributed by atoms with van der Waals surface area (Å²) in [5.41, 5.74) is -1.97. The number of carbonyl (C=O) groups is 1. The van der Waals surface area contributed by atoms with E-state index in [1.165, 1.54) is 20.3 Å². The quantitative estimate of drug-likeness (QED) is 0.693. The first-order valence-corrected chi connectivity index (χ1v) is 7.74. The zero-order valence-electron chi connectivity index (χ0n) is 14.5. The third-order valence-corrected chi connectivity index (χ3v) is 3.81. The van der Waals surface area contributed by atoms with E-state index in [4.69, 9.17) is 0 Å². The molecule has 0 fully saturated rings. The molecule has 0 saturated heterocycles. The van der Waals surface area contributed by atoms with E-state index in [2.05, 4.69) is 20.4 Å². The molecule has 0 saturated carbocycles. The molecule has 12 heteroatoms. The molecule has 2 N–H and O–H groups in total. The van der Waals surface area contributed by atoms with Crippen molar-refractivity contribution in [2.45, 2.75) is 6.18 Å². The minimum atomic E-state index is -4.66. The fourth-order valence-corrected chi connectivity index (χ4v) is 2.47. The Kier molecular flexibility index (Phi) is 4.63. The monoisotopic (exact) mass is 394 g/mol. The summed E-state index contributed by atoms with van der Waals surface area (Å²) < 4.78 is 40.6. The van der Waals surface area contributed by atoms with Gasteiger partial charge in [0.1, 0.15) is 0 Å². The van der Waals surface area contributed by atoms with Crippen molar-refractivity contribution >= 4 is 11.9 Å². The van der Waals surface area contributed by atoms with Crippen LogP contribution in [0, 0.1) is 0 Å². The van der Waals surface area contributed by atoms with Crippen molar-refractivity contribution < 1.29 is 23.1 Å². The van der Waals surface area contributed by atoms with E-state index < -0.39 is 23.4 Å². The highest BCUT2D eigenvalue weighted by Gasteiger charge is 2.34. The van der Waals surface area contributed by atoms with Crippen molar-refractivity contribution in [1.82, 2.24) is 24.3 Å². The normalized spacial score (nSPS) is 11.5. The van der Waals surface area contributed by atoms with Gasteiger partial charge >= 0.3 is 12.1 Å². The number of halogens is 3. The van der Waals surface area contributed by atoms with Crippen LogP contribution in [-0.4, -0.2) is 42.4 Å². The van der Waals surface area contributed by atoms with Crippen molar-refractivity contribution in [3.05, 3.63) is 52.3 Å². The number of rotatable bonds is 4. The number of pyridine rings is 1. The third kappa shape index (κ3) is 3.43. The second-order valence-corrected chi connectivity index (χ2v) is 5.69. The summed E-state index contributed by atoms with van der Waals surface area (Å²) >= 11 is 0. The highest BCUT2D eigenvalue weighted by Crippen LogP contribution is 2.29. The van der Waals surface area contributed by atoms with Crippen LogP contribution in [0.2, 0.25) is 0 Å². The average Bonchev–Trinajstić information content (AvgIpc) is 3.13. The largest absolute Gasteiger partial charge is 0.478 e. The van der Waals surface area contributed by atoms with Crippen LogP contribution in [0.3, 0.4) is 0 Å². The van der Waals surface area contributed by atoms with E-state index in [-0.39, 0.29) is 28.5 Å². The summed E-state index contributed by atoms with van der Waals surface area (Å²) in [6.07, 6.45) is -1.28. The Morgan fingerprint density at radius 2 is 2.00 bits per heavy atom. The molecule has 3 rings (SSSR count). The number of aryl methyl sites for hydroxylation is 1. The Morgan fingerprint density at radius 3 is 2.57 bits per heavy atom. The van der Waals surface area contributed by atoms with Crippen LogP contribution in [0.1, 0.15) is 16.1 Å². The van der Waals surface area contributed by atoms with Gasteiger partial charge in [-0.15, -0.1) is 0 Å². The number of aromatic carboxylic acids is 1. The van der Waals surface area contributed by atoms with Crippen molar-refractivity contribution in [3.8, 4) is 16.9 Å². The molecule has 0 aliphatic carbocycles. The number of hydrogen-bond donors (Lipinski definition) is 2. The van der Waals surface area contributed by atoms with Crippen LogP contribution in [0.4, 0.5) is 19.1 Å². The summed E-state index contributed by atoms with van der Waals surface area (Å²) in [5.74, 6) is -1.31. The first-order chi connectivity index (χ1) is 13.1. The van der Waals surface area contributed by atoms with Crippen LogP contribution >= 0.6 is 0 Å². The van der Waals surface area contributed by atoms with Gasteiger partial charge in [-0.25, -0.2) is 14.5 Å². The molecule has 0 aliphatic heterocycles. The van der Waals surface area contributed by atoms with E-state index in [1.807, 2.05) is 0 Å². The highest BCUT2D eigenvalue weighted by atomic mass is 19.4. The molecular weight excluding hydrogens is 381 g/mol. The van der Waals surface area contributed by atoms with Gasteiger partial charge in [-0.05, 0) is 12.1 Å². The zero-order chi connectivity index (χ0) is 20.6. The number of anilines is 1. The first kappa shape index (κ1) is 19.1. The summed E-state index contributed by atoms with van der Waals surface area (Å²) in [6, 6.07) is 1.87.